The second kappa shape index (κ2) is 5.66. The van der Waals surface area contributed by atoms with E-state index in [0.717, 1.165) is 32.5 Å². The fraction of sp³-hybridized carbons (Fsp3) is 0.0588. The van der Waals surface area contributed by atoms with Gasteiger partial charge in [0.2, 0.25) is 0 Å². The topological polar surface area (TPSA) is 44.5 Å². The quantitative estimate of drug-likeness (QED) is 0.681. The average Bonchev–Trinajstić information content (AvgIpc) is 2.51. The first-order valence-corrected chi connectivity index (χ1v) is 7.26. The zero-order valence-electron chi connectivity index (χ0n) is 11.5. The Labute approximate surface area is 131 Å². The molecule has 0 aromatic heterocycles. The normalized spacial score (nSPS) is 10.6. The molecule has 3 rings (SSSR count). The van der Waals surface area contributed by atoms with Gasteiger partial charge >= 0.3 is 0 Å². The molecule has 0 saturated carbocycles. The summed E-state index contributed by atoms with van der Waals surface area (Å²) >= 11 is 3.54. The lowest BCUT2D eigenvalue weighted by atomic mass is 10.1. The predicted octanol–water partition coefficient (Wildman–Crippen LogP) is 4.99. The van der Waals surface area contributed by atoms with Gasteiger partial charge < -0.3 is 15.2 Å². The molecule has 0 aliphatic carbocycles. The van der Waals surface area contributed by atoms with Gasteiger partial charge in [-0.15, -0.1) is 0 Å². The van der Waals surface area contributed by atoms with Gasteiger partial charge in [-0.05, 0) is 69.8 Å². The van der Waals surface area contributed by atoms with Crippen molar-refractivity contribution in [2.75, 3.05) is 12.8 Å². The Morgan fingerprint density at radius 2 is 1.62 bits per heavy atom. The highest BCUT2D eigenvalue weighted by Gasteiger charge is 2.09. The van der Waals surface area contributed by atoms with Gasteiger partial charge in [0.15, 0.2) is 0 Å². The molecule has 3 aromatic carbocycles. The number of hydrogen-bond donors (Lipinski definition) is 1. The Kier molecular flexibility index (Phi) is 3.71. The summed E-state index contributed by atoms with van der Waals surface area (Å²) in [5, 5.41) is 2.07. The third kappa shape index (κ3) is 2.81. The van der Waals surface area contributed by atoms with Crippen molar-refractivity contribution < 1.29 is 9.47 Å². The lowest BCUT2D eigenvalue weighted by Gasteiger charge is -2.12. The molecule has 0 fully saturated rings. The van der Waals surface area contributed by atoms with Gasteiger partial charge in [-0.3, -0.25) is 0 Å². The van der Waals surface area contributed by atoms with Crippen LogP contribution >= 0.6 is 15.9 Å². The van der Waals surface area contributed by atoms with E-state index >= 15 is 0 Å². The van der Waals surface area contributed by atoms with Crippen molar-refractivity contribution in [2.45, 2.75) is 0 Å². The van der Waals surface area contributed by atoms with Crippen LogP contribution in [0.5, 0.6) is 17.2 Å². The molecule has 3 aromatic rings. The van der Waals surface area contributed by atoms with Gasteiger partial charge in [-0.25, -0.2) is 0 Å². The van der Waals surface area contributed by atoms with Gasteiger partial charge in [0, 0.05) is 11.1 Å². The number of ether oxygens (including phenoxy) is 2. The molecule has 0 aliphatic heterocycles. The average molecular weight is 344 g/mol. The van der Waals surface area contributed by atoms with Gasteiger partial charge in [0.1, 0.15) is 17.2 Å². The van der Waals surface area contributed by atoms with Crippen LogP contribution in [0.15, 0.2) is 59.1 Å². The largest absolute Gasteiger partial charge is 0.497 e. The van der Waals surface area contributed by atoms with Crippen LogP contribution < -0.4 is 15.2 Å². The van der Waals surface area contributed by atoms with E-state index in [2.05, 4.69) is 15.9 Å². The number of halogens is 1. The zero-order chi connectivity index (χ0) is 14.8. The number of fused-ring (bicyclic) bond motifs is 1. The van der Waals surface area contributed by atoms with Crippen molar-refractivity contribution in [2.24, 2.45) is 0 Å². The number of hydrogen-bond acceptors (Lipinski definition) is 3. The first-order valence-electron chi connectivity index (χ1n) is 6.47. The second-order valence-corrected chi connectivity index (χ2v) is 5.49. The summed E-state index contributed by atoms with van der Waals surface area (Å²) in [6.07, 6.45) is 0. The molecule has 4 heteroatoms. The molecule has 3 nitrogen and oxygen atoms in total. The van der Waals surface area contributed by atoms with Crippen LogP contribution in [-0.4, -0.2) is 7.11 Å². The van der Waals surface area contributed by atoms with Crippen LogP contribution in [0.4, 0.5) is 5.69 Å². The first-order chi connectivity index (χ1) is 10.2. The molecule has 0 bridgehead atoms. The highest BCUT2D eigenvalue weighted by molar-refractivity contribution is 9.10. The van der Waals surface area contributed by atoms with E-state index in [4.69, 9.17) is 15.2 Å². The maximum Gasteiger partial charge on any atom is 0.149 e. The maximum absolute atomic E-state index is 6.01. The van der Waals surface area contributed by atoms with Gasteiger partial charge in [-0.2, -0.15) is 0 Å². The van der Waals surface area contributed by atoms with Crippen molar-refractivity contribution in [3.05, 3.63) is 59.1 Å². The third-order valence-corrected chi connectivity index (χ3v) is 3.85. The van der Waals surface area contributed by atoms with Crippen LogP contribution in [0.3, 0.4) is 0 Å². The molecule has 0 aliphatic rings. The highest BCUT2D eigenvalue weighted by atomic mass is 79.9. The monoisotopic (exact) mass is 343 g/mol. The number of rotatable bonds is 3. The van der Waals surface area contributed by atoms with Crippen LogP contribution in [0, 0.1) is 0 Å². The van der Waals surface area contributed by atoms with Crippen molar-refractivity contribution in [3.8, 4) is 17.2 Å². The molecule has 0 radical (unpaired) electrons. The van der Waals surface area contributed by atoms with E-state index in [-0.39, 0.29) is 0 Å². The summed E-state index contributed by atoms with van der Waals surface area (Å²) in [4.78, 5) is 0. The Morgan fingerprint density at radius 3 is 2.33 bits per heavy atom. The van der Waals surface area contributed by atoms with Gasteiger partial charge in [0.05, 0.1) is 11.6 Å². The summed E-state index contributed by atoms with van der Waals surface area (Å²) in [6, 6.07) is 17.2. The molecule has 2 N–H and O–H groups in total. The smallest absolute Gasteiger partial charge is 0.149 e. The molecule has 0 saturated heterocycles. The summed E-state index contributed by atoms with van der Waals surface area (Å²) < 4.78 is 12.2. The number of nitrogen functional groups attached to an aromatic ring is 1. The molecule has 0 spiro atoms. The molecule has 0 amide bonds. The van der Waals surface area contributed by atoms with Crippen molar-refractivity contribution in [1.82, 2.24) is 0 Å². The number of anilines is 1. The summed E-state index contributed by atoms with van der Waals surface area (Å²) in [7, 11) is 1.66. The third-order valence-electron chi connectivity index (χ3n) is 3.23. The van der Waals surface area contributed by atoms with E-state index in [1.165, 1.54) is 0 Å². The van der Waals surface area contributed by atoms with Crippen molar-refractivity contribution in [3.63, 3.8) is 0 Å². The van der Waals surface area contributed by atoms with Gasteiger partial charge in [-0.1, -0.05) is 6.07 Å². The molecule has 0 unspecified atom stereocenters. The Bertz CT molecular complexity index is 785. The van der Waals surface area contributed by atoms with E-state index in [9.17, 15) is 0 Å². The summed E-state index contributed by atoms with van der Waals surface area (Å²) in [6.45, 7) is 0. The van der Waals surface area contributed by atoms with Crippen LogP contribution in [0.2, 0.25) is 0 Å². The minimum atomic E-state index is 0.712. The molecule has 21 heavy (non-hydrogen) atoms. The van der Waals surface area contributed by atoms with Crippen molar-refractivity contribution >= 4 is 32.4 Å². The van der Waals surface area contributed by atoms with Crippen molar-refractivity contribution in [1.29, 1.82) is 0 Å². The van der Waals surface area contributed by atoms with E-state index in [0.29, 0.717) is 5.69 Å². The number of benzene rings is 3. The lowest BCUT2D eigenvalue weighted by Crippen LogP contribution is -1.90. The second-order valence-electron chi connectivity index (χ2n) is 4.63. The Hall–Kier alpha value is -2.20. The Balaban J connectivity index is 2.08. The van der Waals surface area contributed by atoms with E-state index in [1.807, 2.05) is 54.6 Å². The predicted molar refractivity (Wildman–Crippen MR) is 89.1 cm³/mol. The fourth-order valence-corrected chi connectivity index (χ4v) is 2.56. The standard InChI is InChI=1S/C17H14BrNO2/c1-20-14-7-8-15-11(10-14)2-9-16(18)17(15)21-13-5-3-12(19)4-6-13/h2-10H,19H2,1H3. The number of methoxy groups -OCH3 is 1. The fourth-order valence-electron chi connectivity index (χ4n) is 2.14. The molecular weight excluding hydrogens is 330 g/mol. The summed E-state index contributed by atoms with van der Waals surface area (Å²) in [5.41, 5.74) is 6.41. The maximum atomic E-state index is 6.01. The summed E-state index contributed by atoms with van der Waals surface area (Å²) in [5.74, 6) is 2.34. The van der Waals surface area contributed by atoms with Crippen LogP contribution in [0.1, 0.15) is 0 Å². The first kappa shape index (κ1) is 13.8. The number of nitrogens with two attached hydrogens (primary N) is 1. The lowest BCUT2D eigenvalue weighted by molar-refractivity contribution is 0.415. The Morgan fingerprint density at radius 1 is 0.905 bits per heavy atom. The van der Waals surface area contributed by atoms with Crippen LogP contribution in [-0.2, 0) is 0 Å². The van der Waals surface area contributed by atoms with Gasteiger partial charge in [0.25, 0.3) is 0 Å². The molecule has 0 atom stereocenters. The molecule has 0 heterocycles. The van der Waals surface area contributed by atoms with E-state index in [1.54, 1.807) is 7.11 Å². The highest BCUT2D eigenvalue weighted by Crippen LogP contribution is 2.38. The zero-order valence-corrected chi connectivity index (χ0v) is 13.1. The minimum absolute atomic E-state index is 0.712. The van der Waals surface area contributed by atoms with Crippen LogP contribution in [0.25, 0.3) is 10.8 Å². The van der Waals surface area contributed by atoms with E-state index < -0.39 is 0 Å². The minimum Gasteiger partial charge on any atom is -0.497 e. The molecular formula is C17H14BrNO2. The SMILES string of the molecule is COc1ccc2c(Oc3ccc(N)cc3)c(Br)ccc2c1. The molecule has 106 valence electrons.